The van der Waals surface area contributed by atoms with E-state index in [1.807, 2.05) is 31.2 Å². The molecule has 0 fully saturated rings. The predicted molar refractivity (Wildman–Crippen MR) is 76.7 cm³/mol. The second-order valence-corrected chi connectivity index (χ2v) is 4.38. The number of nitrogens with zero attached hydrogens (tertiary/aromatic N) is 4. The van der Waals surface area contributed by atoms with Crippen LogP contribution in [0.5, 0.6) is 6.01 Å². The normalized spacial score (nSPS) is 10.7. The van der Waals surface area contributed by atoms with Gasteiger partial charge in [-0.2, -0.15) is 15.0 Å². The first-order valence-corrected chi connectivity index (χ1v) is 6.53. The highest BCUT2D eigenvalue weighted by molar-refractivity contribution is 6.28. The van der Waals surface area contributed by atoms with Crippen molar-refractivity contribution in [1.82, 2.24) is 19.9 Å². The SMILES string of the molecule is CCOc1nc(Cl)nc(-c2cccc3ccncc23)n1. The number of halogens is 1. The Hall–Kier alpha value is -2.27. The van der Waals surface area contributed by atoms with Crippen LogP contribution in [-0.2, 0) is 0 Å². The van der Waals surface area contributed by atoms with Crippen LogP contribution in [0.4, 0.5) is 0 Å². The minimum Gasteiger partial charge on any atom is -0.464 e. The third kappa shape index (κ3) is 2.40. The topological polar surface area (TPSA) is 60.8 Å². The van der Waals surface area contributed by atoms with Crippen LogP contribution < -0.4 is 4.74 Å². The second kappa shape index (κ2) is 5.38. The van der Waals surface area contributed by atoms with E-state index in [1.54, 1.807) is 12.4 Å². The van der Waals surface area contributed by atoms with E-state index in [2.05, 4.69) is 19.9 Å². The highest BCUT2D eigenvalue weighted by Crippen LogP contribution is 2.26. The van der Waals surface area contributed by atoms with Gasteiger partial charge in [-0.3, -0.25) is 4.98 Å². The Morgan fingerprint density at radius 1 is 1.15 bits per heavy atom. The molecule has 0 atom stereocenters. The molecule has 0 saturated heterocycles. The third-order valence-corrected chi connectivity index (χ3v) is 2.95. The molecule has 0 N–H and O–H groups in total. The number of rotatable bonds is 3. The molecule has 0 unspecified atom stereocenters. The molecule has 0 spiro atoms. The summed E-state index contributed by atoms with van der Waals surface area (Å²) in [7, 11) is 0. The lowest BCUT2D eigenvalue weighted by atomic mass is 10.1. The standard InChI is InChI=1S/C14H11ClN4O/c1-2-20-14-18-12(17-13(15)19-14)10-5-3-4-9-6-7-16-8-11(9)10/h3-8H,2H2,1H3. The van der Waals surface area contributed by atoms with Crippen LogP contribution in [0.25, 0.3) is 22.2 Å². The van der Waals surface area contributed by atoms with Gasteiger partial charge < -0.3 is 4.74 Å². The van der Waals surface area contributed by atoms with Gasteiger partial charge in [-0.1, -0.05) is 18.2 Å². The zero-order valence-electron chi connectivity index (χ0n) is 10.7. The summed E-state index contributed by atoms with van der Waals surface area (Å²) >= 11 is 5.93. The molecule has 5 nitrogen and oxygen atoms in total. The molecule has 2 heterocycles. The van der Waals surface area contributed by atoms with Crippen molar-refractivity contribution in [1.29, 1.82) is 0 Å². The van der Waals surface area contributed by atoms with Gasteiger partial charge in [0.25, 0.3) is 0 Å². The molecule has 1 aromatic carbocycles. The lowest BCUT2D eigenvalue weighted by Crippen LogP contribution is -2.01. The summed E-state index contributed by atoms with van der Waals surface area (Å²) < 4.78 is 5.30. The zero-order chi connectivity index (χ0) is 13.9. The molecule has 0 aliphatic heterocycles. The lowest BCUT2D eigenvalue weighted by Gasteiger charge is -2.07. The van der Waals surface area contributed by atoms with Crippen molar-refractivity contribution in [3.05, 3.63) is 41.9 Å². The molecule has 100 valence electrons. The molecular weight excluding hydrogens is 276 g/mol. The zero-order valence-corrected chi connectivity index (χ0v) is 11.5. The van der Waals surface area contributed by atoms with Gasteiger partial charge in [-0.25, -0.2) is 0 Å². The van der Waals surface area contributed by atoms with Gasteiger partial charge in [0.2, 0.25) is 5.28 Å². The van der Waals surface area contributed by atoms with Crippen LogP contribution in [0.1, 0.15) is 6.92 Å². The number of benzene rings is 1. The molecule has 20 heavy (non-hydrogen) atoms. The van der Waals surface area contributed by atoms with E-state index in [0.717, 1.165) is 16.3 Å². The van der Waals surface area contributed by atoms with E-state index in [0.29, 0.717) is 12.4 Å². The lowest BCUT2D eigenvalue weighted by molar-refractivity contribution is 0.312. The maximum Gasteiger partial charge on any atom is 0.321 e. The van der Waals surface area contributed by atoms with E-state index >= 15 is 0 Å². The molecule has 3 rings (SSSR count). The molecule has 0 bridgehead atoms. The first kappa shape index (κ1) is 12.7. The maximum absolute atomic E-state index is 5.93. The van der Waals surface area contributed by atoms with Gasteiger partial charge in [-0.05, 0) is 30.0 Å². The average Bonchev–Trinajstić information content (AvgIpc) is 2.46. The first-order chi connectivity index (χ1) is 9.78. The quantitative estimate of drug-likeness (QED) is 0.740. The van der Waals surface area contributed by atoms with Gasteiger partial charge in [0.1, 0.15) is 0 Å². The molecule has 0 aliphatic carbocycles. The highest BCUT2D eigenvalue weighted by Gasteiger charge is 2.11. The Morgan fingerprint density at radius 3 is 2.90 bits per heavy atom. The highest BCUT2D eigenvalue weighted by atomic mass is 35.5. The van der Waals surface area contributed by atoms with E-state index in [9.17, 15) is 0 Å². The number of fused-ring (bicyclic) bond motifs is 1. The van der Waals surface area contributed by atoms with E-state index in [1.165, 1.54) is 0 Å². The van der Waals surface area contributed by atoms with Crippen LogP contribution in [0, 0.1) is 0 Å². The second-order valence-electron chi connectivity index (χ2n) is 4.05. The fraction of sp³-hybridized carbons (Fsp3) is 0.143. The van der Waals surface area contributed by atoms with Crippen LogP contribution >= 0.6 is 11.6 Å². The maximum atomic E-state index is 5.93. The average molecular weight is 287 g/mol. The molecule has 2 aromatic heterocycles. The molecular formula is C14H11ClN4O. The smallest absolute Gasteiger partial charge is 0.321 e. The van der Waals surface area contributed by atoms with Gasteiger partial charge in [0.15, 0.2) is 5.82 Å². The van der Waals surface area contributed by atoms with Gasteiger partial charge in [0.05, 0.1) is 6.61 Å². The van der Waals surface area contributed by atoms with Crippen molar-refractivity contribution >= 4 is 22.4 Å². The van der Waals surface area contributed by atoms with Crippen molar-refractivity contribution in [2.24, 2.45) is 0 Å². The third-order valence-electron chi connectivity index (χ3n) is 2.79. The minimum atomic E-state index is 0.111. The summed E-state index contributed by atoms with van der Waals surface area (Å²) in [6.07, 6.45) is 3.53. The minimum absolute atomic E-state index is 0.111. The summed E-state index contributed by atoms with van der Waals surface area (Å²) in [4.78, 5) is 16.5. The molecule has 6 heteroatoms. The number of hydrogen-bond acceptors (Lipinski definition) is 5. The molecule has 0 aliphatic rings. The largest absolute Gasteiger partial charge is 0.464 e. The fourth-order valence-corrected chi connectivity index (χ4v) is 2.11. The van der Waals surface area contributed by atoms with Crippen molar-refractivity contribution in [2.45, 2.75) is 6.92 Å². The molecule has 0 saturated carbocycles. The summed E-state index contributed by atoms with van der Waals surface area (Å²) in [6.45, 7) is 2.33. The van der Waals surface area contributed by atoms with Crippen LogP contribution in [0.15, 0.2) is 36.7 Å². The van der Waals surface area contributed by atoms with E-state index in [4.69, 9.17) is 16.3 Å². The number of ether oxygens (including phenoxy) is 1. The molecule has 0 radical (unpaired) electrons. The molecule has 3 aromatic rings. The molecule has 0 amide bonds. The van der Waals surface area contributed by atoms with Gasteiger partial charge in [-0.15, -0.1) is 0 Å². The van der Waals surface area contributed by atoms with Crippen LogP contribution in [-0.4, -0.2) is 26.5 Å². The Balaban J connectivity index is 2.20. The van der Waals surface area contributed by atoms with Gasteiger partial charge >= 0.3 is 6.01 Å². The van der Waals surface area contributed by atoms with Crippen molar-refractivity contribution < 1.29 is 4.74 Å². The van der Waals surface area contributed by atoms with Crippen molar-refractivity contribution in [2.75, 3.05) is 6.61 Å². The monoisotopic (exact) mass is 286 g/mol. The van der Waals surface area contributed by atoms with Crippen LogP contribution in [0.2, 0.25) is 5.28 Å². The number of hydrogen-bond donors (Lipinski definition) is 0. The van der Waals surface area contributed by atoms with E-state index in [-0.39, 0.29) is 11.3 Å². The Labute approximate surface area is 120 Å². The van der Waals surface area contributed by atoms with Crippen molar-refractivity contribution in [3.8, 4) is 17.4 Å². The fourth-order valence-electron chi connectivity index (χ4n) is 1.95. The van der Waals surface area contributed by atoms with Crippen molar-refractivity contribution in [3.63, 3.8) is 0 Å². The number of aromatic nitrogens is 4. The van der Waals surface area contributed by atoms with Crippen LogP contribution in [0.3, 0.4) is 0 Å². The predicted octanol–water partition coefficient (Wildman–Crippen LogP) is 3.14. The number of pyridine rings is 1. The van der Waals surface area contributed by atoms with Gasteiger partial charge in [0, 0.05) is 23.3 Å². The first-order valence-electron chi connectivity index (χ1n) is 6.15. The Morgan fingerprint density at radius 2 is 2.05 bits per heavy atom. The summed E-state index contributed by atoms with van der Waals surface area (Å²) in [5.41, 5.74) is 0.848. The van der Waals surface area contributed by atoms with E-state index < -0.39 is 0 Å². The summed E-state index contributed by atoms with van der Waals surface area (Å²) in [5, 5.41) is 2.13. The summed E-state index contributed by atoms with van der Waals surface area (Å²) in [5.74, 6) is 0.479. The Bertz CT molecular complexity index is 758. The Kier molecular flexibility index (Phi) is 3.43. The summed E-state index contributed by atoms with van der Waals surface area (Å²) in [6, 6.07) is 8.03.